The first-order valence-electron chi connectivity index (χ1n) is 6.12. The Balaban J connectivity index is 2.00. The van der Waals surface area contributed by atoms with E-state index in [1.54, 1.807) is 48.5 Å². The Kier molecular flexibility index (Phi) is 5.14. The Morgan fingerprint density at radius 3 is 2.57 bits per heavy atom. The summed E-state index contributed by atoms with van der Waals surface area (Å²) < 4.78 is 5.33. The van der Waals surface area contributed by atoms with Gasteiger partial charge < -0.3 is 15.8 Å². The fourth-order valence-electron chi connectivity index (χ4n) is 1.62. The summed E-state index contributed by atoms with van der Waals surface area (Å²) >= 11 is 10.6. The molecule has 2 aromatic carbocycles. The maximum atomic E-state index is 12.0. The number of carbonyl (C=O) groups excluding carboxylic acids is 1. The number of carbonyl (C=O) groups is 1. The second-order valence-corrected chi connectivity index (χ2v) is 5.20. The van der Waals surface area contributed by atoms with Gasteiger partial charge >= 0.3 is 0 Å². The van der Waals surface area contributed by atoms with E-state index in [1.165, 1.54) is 0 Å². The molecule has 21 heavy (non-hydrogen) atoms. The van der Waals surface area contributed by atoms with Crippen LogP contribution in [0.4, 0.5) is 5.69 Å². The lowest BCUT2D eigenvalue weighted by molar-refractivity contribution is 0.102. The van der Waals surface area contributed by atoms with Crippen molar-refractivity contribution in [1.82, 2.24) is 0 Å². The lowest BCUT2D eigenvalue weighted by Gasteiger charge is -2.08. The van der Waals surface area contributed by atoms with Crippen LogP contribution in [-0.2, 0) is 0 Å². The molecule has 0 spiro atoms. The molecule has 0 fully saturated rings. The molecule has 0 heterocycles. The van der Waals surface area contributed by atoms with Crippen LogP contribution in [0.15, 0.2) is 48.5 Å². The van der Waals surface area contributed by atoms with E-state index in [2.05, 4.69) is 5.32 Å². The first-order valence-corrected chi connectivity index (χ1v) is 6.91. The number of benzene rings is 2. The van der Waals surface area contributed by atoms with Gasteiger partial charge in [0.25, 0.3) is 5.91 Å². The van der Waals surface area contributed by atoms with Gasteiger partial charge in [0.1, 0.15) is 17.3 Å². The molecule has 0 radical (unpaired) electrons. The molecule has 0 atom stereocenters. The van der Waals surface area contributed by atoms with Crippen molar-refractivity contribution < 1.29 is 9.53 Å². The van der Waals surface area contributed by atoms with Gasteiger partial charge in [0.2, 0.25) is 0 Å². The van der Waals surface area contributed by atoms with E-state index in [0.717, 1.165) is 0 Å². The van der Waals surface area contributed by atoms with Crippen molar-refractivity contribution >= 4 is 40.4 Å². The highest BCUT2D eigenvalue weighted by atomic mass is 35.5. The number of hydrogen-bond donors (Lipinski definition) is 2. The molecule has 4 nitrogen and oxygen atoms in total. The maximum absolute atomic E-state index is 12.0. The van der Waals surface area contributed by atoms with Gasteiger partial charge in [-0.2, -0.15) is 0 Å². The van der Waals surface area contributed by atoms with E-state index in [-0.39, 0.29) is 17.5 Å². The number of rotatable bonds is 5. The summed E-state index contributed by atoms with van der Waals surface area (Å²) in [5.41, 5.74) is 6.50. The molecule has 0 bridgehead atoms. The number of amides is 1. The molecule has 0 aliphatic heterocycles. The molecule has 0 aliphatic rings. The molecular weight excluding hydrogens is 308 g/mol. The third kappa shape index (κ3) is 4.73. The van der Waals surface area contributed by atoms with Crippen molar-refractivity contribution in [1.29, 1.82) is 0 Å². The molecule has 2 aromatic rings. The minimum atomic E-state index is -0.227. The summed E-state index contributed by atoms with van der Waals surface area (Å²) in [5, 5.41) is 3.29. The van der Waals surface area contributed by atoms with E-state index in [4.69, 9.17) is 34.3 Å². The molecule has 0 aromatic heterocycles. The quantitative estimate of drug-likeness (QED) is 0.830. The molecule has 3 N–H and O–H groups in total. The van der Waals surface area contributed by atoms with Gasteiger partial charge in [0.05, 0.1) is 0 Å². The molecule has 6 heteroatoms. The highest BCUT2D eigenvalue weighted by Gasteiger charge is 2.06. The van der Waals surface area contributed by atoms with Crippen molar-refractivity contribution in [3.05, 3.63) is 59.1 Å². The van der Waals surface area contributed by atoms with Gasteiger partial charge in [-0.25, -0.2) is 0 Å². The average molecular weight is 321 g/mol. The highest BCUT2D eigenvalue weighted by Crippen LogP contribution is 2.17. The zero-order chi connectivity index (χ0) is 15.2. The predicted octanol–water partition coefficient (Wildman–Crippen LogP) is 3.26. The topological polar surface area (TPSA) is 64.3 Å². The lowest BCUT2D eigenvalue weighted by atomic mass is 10.2. The summed E-state index contributed by atoms with van der Waals surface area (Å²) in [6.07, 6.45) is 0. The van der Waals surface area contributed by atoms with Crippen molar-refractivity contribution in [3.8, 4) is 5.75 Å². The van der Waals surface area contributed by atoms with Crippen LogP contribution in [0.25, 0.3) is 0 Å². The van der Waals surface area contributed by atoms with Crippen LogP contribution in [0.3, 0.4) is 0 Å². The van der Waals surface area contributed by atoms with Crippen molar-refractivity contribution in [2.24, 2.45) is 5.73 Å². The molecule has 2 rings (SSSR count). The average Bonchev–Trinajstić information content (AvgIpc) is 2.46. The van der Waals surface area contributed by atoms with Crippen LogP contribution < -0.4 is 15.8 Å². The van der Waals surface area contributed by atoms with Crippen LogP contribution in [0.5, 0.6) is 5.75 Å². The van der Waals surface area contributed by atoms with Crippen LogP contribution in [0.1, 0.15) is 10.4 Å². The third-order valence-electron chi connectivity index (χ3n) is 2.58. The Hall–Kier alpha value is -2.11. The SMILES string of the molecule is NC(=S)COc1ccc(NC(=O)c2cccc(Cl)c2)cc1. The first-order chi connectivity index (χ1) is 10.0. The molecule has 1 amide bonds. The number of thiocarbonyl (C=S) groups is 1. The predicted molar refractivity (Wildman–Crippen MR) is 88.1 cm³/mol. The van der Waals surface area contributed by atoms with Gasteiger partial charge in [-0.05, 0) is 42.5 Å². The van der Waals surface area contributed by atoms with Crippen molar-refractivity contribution in [3.63, 3.8) is 0 Å². The largest absolute Gasteiger partial charge is 0.487 e. The van der Waals surface area contributed by atoms with Crippen molar-refractivity contribution in [2.45, 2.75) is 0 Å². The Morgan fingerprint density at radius 2 is 1.95 bits per heavy atom. The minimum Gasteiger partial charge on any atom is -0.487 e. The number of hydrogen-bond acceptors (Lipinski definition) is 3. The second-order valence-electron chi connectivity index (χ2n) is 4.24. The number of nitrogens with one attached hydrogen (secondary N) is 1. The summed E-state index contributed by atoms with van der Waals surface area (Å²) in [7, 11) is 0. The van der Waals surface area contributed by atoms with Gasteiger partial charge in [-0.3, -0.25) is 4.79 Å². The molecule has 108 valence electrons. The van der Waals surface area contributed by atoms with E-state index in [1.807, 2.05) is 0 Å². The summed E-state index contributed by atoms with van der Waals surface area (Å²) in [6, 6.07) is 13.7. The first kappa shape index (κ1) is 15.3. The molecular formula is C15H13ClN2O2S. The number of nitrogens with two attached hydrogens (primary N) is 1. The van der Waals surface area contributed by atoms with Crippen LogP contribution in [0.2, 0.25) is 5.02 Å². The minimum absolute atomic E-state index is 0.184. The highest BCUT2D eigenvalue weighted by molar-refractivity contribution is 7.80. The van der Waals surface area contributed by atoms with Crippen molar-refractivity contribution in [2.75, 3.05) is 11.9 Å². The number of anilines is 1. The monoisotopic (exact) mass is 320 g/mol. The number of ether oxygens (including phenoxy) is 1. The van der Waals surface area contributed by atoms with Gasteiger partial charge in [0, 0.05) is 16.3 Å². The van der Waals surface area contributed by atoms with E-state index < -0.39 is 0 Å². The summed E-state index contributed by atoms with van der Waals surface area (Å²) in [5.74, 6) is 0.401. The zero-order valence-corrected chi connectivity index (χ0v) is 12.6. The fourth-order valence-corrected chi connectivity index (χ4v) is 1.87. The Labute approximate surface area is 132 Å². The second kappa shape index (κ2) is 7.06. The summed E-state index contributed by atoms with van der Waals surface area (Å²) in [4.78, 5) is 12.3. The van der Waals surface area contributed by atoms with E-state index in [0.29, 0.717) is 22.0 Å². The van der Waals surface area contributed by atoms with Gasteiger partial charge in [-0.15, -0.1) is 0 Å². The Morgan fingerprint density at radius 1 is 1.24 bits per heavy atom. The van der Waals surface area contributed by atoms with Crippen LogP contribution in [0, 0.1) is 0 Å². The molecule has 0 saturated heterocycles. The third-order valence-corrected chi connectivity index (χ3v) is 2.93. The zero-order valence-electron chi connectivity index (χ0n) is 11.0. The van der Waals surface area contributed by atoms with Gasteiger partial charge in [-0.1, -0.05) is 29.9 Å². The van der Waals surface area contributed by atoms with Crippen LogP contribution in [-0.4, -0.2) is 17.5 Å². The molecule has 0 aliphatic carbocycles. The fraction of sp³-hybridized carbons (Fsp3) is 0.0667. The van der Waals surface area contributed by atoms with E-state index in [9.17, 15) is 4.79 Å². The lowest BCUT2D eigenvalue weighted by Crippen LogP contribution is -2.17. The normalized spacial score (nSPS) is 9.95. The number of halogens is 1. The smallest absolute Gasteiger partial charge is 0.255 e. The molecule has 0 unspecified atom stereocenters. The standard InChI is InChI=1S/C15H13ClN2O2S/c16-11-3-1-2-10(8-11)15(19)18-12-4-6-13(7-5-12)20-9-14(17)21/h1-8H,9H2,(H2,17,21)(H,18,19). The summed E-state index contributed by atoms with van der Waals surface area (Å²) in [6.45, 7) is 0.184. The maximum Gasteiger partial charge on any atom is 0.255 e. The van der Waals surface area contributed by atoms with E-state index >= 15 is 0 Å². The Bertz CT molecular complexity index is 659. The van der Waals surface area contributed by atoms with Crippen LogP contribution >= 0.6 is 23.8 Å². The van der Waals surface area contributed by atoms with Gasteiger partial charge in [0.15, 0.2) is 0 Å². The molecule has 0 saturated carbocycles.